The molecule has 0 aliphatic carbocycles. The van der Waals surface area contributed by atoms with Gasteiger partial charge in [0.1, 0.15) is 11.3 Å². The Bertz CT molecular complexity index is 1040. The van der Waals surface area contributed by atoms with Crippen molar-refractivity contribution >= 4 is 21.9 Å². The number of nitrogens with zero attached hydrogens (tertiary/aromatic N) is 1. The quantitative estimate of drug-likeness (QED) is 0.565. The SMILES string of the molecule is COc1ccc2oc(-n3ccc4ccccc43)cc(=O)c2c1. The van der Waals surface area contributed by atoms with Crippen LogP contribution in [0.15, 0.2) is 70.0 Å². The van der Waals surface area contributed by atoms with E-state index in [9.17, 15) is 4.79 Å². The summed E-state index contributed by atoms with van der Waals surface area (Å²) in [7, 11) is 1.57. The maximum absolute atomic E-state index is 12.4. The molecular formula is C18H13NO3. The molecule has 4 rings (SSSR count). The average Bonchev–Trinajstić information content (AvgIpc) is 2.98. The van der Waals surface area contributed by atoms with Crippen molar-refractivity contribution in [3.63, 3.8) is 0 Å². The topological polar surface area (TPSA) is 44.4 Å². The molecule has 108 valence electrons. The maximum Gasteiger partial charge on any atom is 0.208 e. The van der Waals surface area contributed by atoms with Crippen molar-refractivity contribution in [1.29, 1.82) is 0 Å². The first-order valence-electron chi connectivity index (χ1n) is 6.94. The van der Waals surface area contributed by atoms with Crippen molar-refractivity contribution in [2.24, 2.45) is 0 Å². The number of aromatic nitrogens is 1. The van der Waals surface area contributed by atoms with Crippen molar-refractivity contribution in [3.05, 3.63) is 71.0 Å². The lowest BCUT2D eigenvalue weighted by Gasteiger charge is -2.06. The van der Waals surface area contributed by atoms with E-state index in [0.717, 1.165) is 10.9 Å². The molecule has 2 heterocycles. The van der Waals surface area contributed by atoms with E-state index in [1.807, 2.05) is 41.1 Å². The average molecular weight is 291 g/mol. The molecule has 0 aliphatic rings. The maximum atomic E-state index is 12.4. The lowest BCUT2D eigenvalue weighted by atomic mass is 10.2. The van der Waals surface area contributed by atoms with E-state index < -0.39 is 0 Å². The molecule has 0 saturated carbocycles. The molecule has 0 amide bonds. The summed E-state index contributed by atoms with van der Waals surface area (Å²) in [5, 5.41) is 1.61. The predicted molar refractivity (Wildman–Crippen MR) is 85.9 cm³/mol. The van der Waals surface area contributed by atoms with Gasteiger partial charge in [0.05, 0.1) is 18.0 Å². The number of fused-ring (bicyclic) bond motifs is 2. The molecule has 4 nitrogen and oxygen atoms in total. The Morgan fingerprint density at radius 3 is 2.77 bits per heavy atom. The van der Waals surface area contributed by atoms with Crippen LogP contribution in [0, 0.1) is 0 Å². The van der Waals surface area contributed by atoms with Crippen LogP contribution in [0.25, 0.3) is 27.8 Å². The third-order valence-corrected chi connectivity index (χ3v) is 3.76. The first kappa shape index (κ1) is 12.7. The zero-order valence-electron chi connectivity index (χ0n) is 11.9. The molecule has 0 bridgehead atoms. The fraction of sp³-hybridized carbons (Fsp3) is 0.0556. The van der Waals surface area contributed by atoms with Gasteiger partial charge in [0, 0.05) is 17.6 Å². The number of hydrogen-bond acceptors (Lipinski definition) is 3. The highest BCUT2D eigenvalue weighted by Crippen LogP contribution is 2.23. The minimum Gasteiger partial charge on any atom is -0.497 e. The van der Waals surface area contributed by atoms with Crippen LogP contribution in [-0.4, -0.2) is 11.7 Å². The molecule has 0 aliphatic heterocycles. The smallest absolute Gasteiger partial charge is 0.208 e. The fourth-order valence-corrected chi connectivity index (χ4v) is 2.64. The van der Waals surface area contributed by atoms with Crippen molar-refractivity contribution in [2.45, 2.75) is 0 Å². The molecule has 0 radical (unpaired) electrons. The first-order chi connectivity index (χ1) is 10.8. The molecule has 22 heavy (non-hydrogen) atoms. The van der Waals surface area contributed by atoms with Gasteiger partial charge >= 0.3 is 0 Å². The van der Waals surface area contributed by atoms with Gasteiger partial charge < -0.3 is 9.15 Å². The predicted octanol–water partition coefficient (Wildman–Crippen LogP) is 3.75. The monoisotopic (exact) mass is 291 g/mol. The first-order valence-corrected chi connectivity index (χ1v) is 6.94. The molecule has 2 aromatic carbocycles. The van der Waals surface area contributed by atoms with E-state index in [4.69, 9.17) is 9.15 Å². The minimum absolute atomic E-state index is 0.0899. The summed E-state index contributed by atoms with van der Waals surface area (Å²) < 4.78 is 12.9. The Morgan fingerprint density at radius 1 is 1.05 bits per heavy atom. The van der Waals surface area contributed by atoms with E-state index in [1.165, 1.54) is 6.07 Å². The van der Waals surface area contributed by atoms with E-state index in [-0.39, 0.29) is 5.43 Å². The van der Waals surface area contributed by atoms with Crippen LogP contribution in [0.2, 0.25) is 0 Å². The summed E-state index contributed by atoms with van der Waals surface area (Å²) in [6, 6.07) is 16.7. The Balaban J connectivity index is 1.98. The van der Waals surface area contributed by atoms with E-state index in [1.54, 1.807) is 25.3 Å². The molecule has 0 spiro atoms. The lowest BCUT2D eigenvalue weighted by molar-refractivity contribution is 0.415. The van der Waals surface area contributed by atoms with Crippen LogP contribution in [0.3, 0.4) is 0 Å². The Hall–Kier alpha value is -3.01. The molecule has 0 N–H and O–H groups in total. The van der Waals surface area contributed by atoms with Crippen LogP contribution < -0.4 is 10.2 Å². The van der Waals surface area contributed by atoms with Crippen molar-refractivity contribution in [1.82, 2.24) is 4.57 Å². The van der Waals surface area contributed by atoms with Crippen molar-refractivity contribution in [2.75, 3.05) is 7.11 Å². The summed E-state index contributed by atoms with van der Waals surface area (Å²) in [6.45, 7) is 0. The summed E-state index contributed by atoms with van der Waals surface area (Å²) >= 11 is 0. The molecule has 0 fully saturated rings. The van der Waals surface area contributed by atoms with Gasteiger partial charge in [-0.15, -0.1) is 0 Å². The van der Waals surface area contributed by atoms with Gasteiger partial charge in [-0.2, -0.15) is 0 Å². The van der Waals surface area contributed by atoms with Gasteiger partial charge in [0.25, 0.3) is 0 Å². The van der Waals surface area contributed by atoms with Gasteiger partial charge in [-0.05, 0) is 30.3 Å². The van der Waals surface area contributed by atoms with Crippen LogP contribution in [-0.2, 0) is 0 Å². The molecule has 0 atom stereocenters. The van der Waals surface area contributed by atoms with Gasteiger partial charge in [-0.3, -0.25) is 9.36 Å². The number of para-hydroxylation sites is 1. The van der Waals surface area contributed by atoms with Crippen LogP contribution in [0.1, 0.15) is 0 Å². The molecule has 0 saturated heterocycles. The summed E-state index contributed by atoms with van der Waals surface area (Å²) in [4.78, 5) is 12.4. The third-order valence-electron chi connectivity index (χ3n) is 3.76. The summed E-state index contributed by atoms with van der Waals surface area (Å²) in [5.41, 5.74) is 1.45. The van der Waals surface area contributed by atoms with Gasteiger partial charge in [-0.25, -0.2) is 0 Å². The van der Waals surface area contributed by atoms with E-state index in [0.29, 0.717) is 22.6 Å². The standard InChI is InChI=1S/C18H13NO3/c1-21-13-6-7-17-14(10-13)16(20)11-18(22-17)19-9-8-12-4-2-3-5-15(12)19/h2-11H,1H3. The molecule has 0 unspecified atom stereocenters. The second-order valence-corrected chi connectivity index (χ2v) is 5.06. The van der Waals surface area contributed by atoms with Gasteiger partial charge in [0.15, 0.2) is 5.43 Å². The van der Waals surface area contributed by atoms with Crippen LogP contribution >= 0.6 is 0 Å². The zero-order valence-corrected chi connectivity index (χ0v) is 11.9. The minimum atomic E-state index is -0.0899. The van der Waals surface area contributed by atoms with Gasteiger partial charge in [-0.1, -0.05) is 18.2 Å². The van der Waals surface area contributed by atoms with Crippen molar-refractivity contribution < 1.29 is 9.15 Å². The van der Waals surface area contributed by atoms with Crippen LogP contribution in [0.5, 0.6) is 5.75 Å². The second kappa shape index (κ2) is 4.77. The van der Waals surface area contributed by atoms with E-state index >= 15 is 0 Å². The number of methoxy groups -OCH3 is 1. The number of hydrogen-bond donors (Lipinski definition) is 0. The zero-order chi connectivity index (χ0) is 15.1. The molecular weight excluding hydrogens is 278 g/mol. The molecule has 2 aromatic heterocycles. The van der Waals surface area contributed by atoms with Crippen molar-refractivity contribution in [3.8, 4) is 11.6 Å². The number of rotatable bonds is 2. The third kappa shape index (κ3) is 1.89. The highest BCUT2D eigenvalue weighted by atomic mass is 16.5. The Morgan fingerprint density at radius 2 is 1.91 bits per heavy atom. The Kier molecular flexibility index (Phi) is 2.76. The summed E-state index contributed by atoms with van der Waals surface area (Å²) in [5.74, 6) is 1.14. The molecule has 4 aromatic rings. The normalized spacial score (nSPS) is 11.1. The van der Waals surface area contributed by atoms with Crippen LogP contribution in [0.4, 0.5) is 0 Å². The summed E-state index contributed by atoms with van der Waals surface area (Å²) in [6.07, 6.45) is 1.90. The number of ether oxygens (including phenoxy) is 1. The van der Waals surface area contributed by atoms with Gasteiger partial charge in [0.2, 0.25) is 5.88 Å². The lowest BCUT2D eigenvalue weighted by Crippen LogP contribution is -2.04. The number of benzene rings is 2. The van der Waals surface area contributed by atoms with E-state index in [2.05, 4.69) is 0 Å². The highest BCUT2D eigenvalue weighted by Gasteiger charge is 2.09. The highest BCUT2D eigenvalue weighted by molar-refractivity contribution is 5.82. The Labute approximate surface area is 126 Å². The fourth-order valence-electron chi connectivity index (χ4n) is 2.64. The molecule has 4 heteroatoms. The second-order valence-electron chi connectivity index (χ2n) is 5.06. The largest absolute Gasteiger partial charge is 0.497 e.